The summed E-state index contributed by atoms with van der Waals surface area (Å²) in [5.74, 6) is 0.210. The van der Waals surface area contributed by atoms with Gasteiger partial charge in [-0.05, 0) is 12.0 Å². The van der Waals surface area contributed by atoms with Gasteiger partial charge in [-0.15, -0.1) is 0 Å². The van der Waals surface area contributed by atoms with Crippen molar-refractivity contribution in [3.63, 3.8) is 0 Å². The second-order valence-electron chi connectivity index (χ2n) is 4.47. The minimum absolute atomic E-state index is 0.0000355. The molecule has 1 amide bonds. The maximum absolute atomic E-state index is 11.4. The van der Waals surface area contributed by atoms with Crippen molar-refractivity contribution in [1.82, 2.24) is 5.43 Å². The highest BCUT2D eigenvalue weighted by Crippen LogP contribution is 2.11. The van der Waals surface area contributed by atoms with Crippen molar-refractivity contribution in [3.05, 3.63) is 35.9 Å². The van der Waals surface area contributed by atoms with E-state index < -0.39 is 0 Å². The molecule has 1 aromatic rings. The summed E-state index contributed by atoms with van der Waals surface area (Å²) in [5, 5.41) is 4.00. The first-order valence-electron chi connectivity index (χ1n) is 6.61. The number of carbonyl (C=O) groups excluding carboxylic acids is 1. The number of benzene rings is 1. The normalized spacial score (nSPS) is 12.6. The van der Waals surface area contributed by atoms with Gasteiger partial charge in [0.05, 0.1) is 0 Å². The van der Waals surface area contributed by atoms with Gasteiger partial charge in [-0.3, -0.25) is 4.79 Å². The van der Waals surface area contributed by atoms with Gasteiger partial charge in [0.1, 0.15) is 0 Å². The Hall–Kier alpha value is -1.64. The summed E-state index contributed by atoms with van der Waals surface area (Å²) in [6, 6.07) is 10.1. The van der Waals surface area contributed by atoms with Crippen LogP contribution in [0.1, 0.15) is 51.0 Å². The quantitative estimate of drug-likeness (QED) is 0.447. The summed E-state index contributed by atoms with van der Waals surface area (Å²) in [6.45, 7) is 4.18. The third-order valence-electron chi connectivity index (χ3n) is 2.82. The number of hydrazone groups is 1. The average Bonchev–Trinajstić information content (AvgIpc) is 2.40. The first-order chi connectivity index (χ1) is 8.74. The highest BCUT2D eigenvalue weighted by atomic mass is 16.2. The summed E-state index contributed by atoms with van der Waals surface area (Å²) in [7, 11) is 0. The molecule has 0 aliphatic heterocycles. The molecule has 0 aliphatic rings. The van der Waals surface area contributed by atoms with Crippen LogP contribution >= 0.6 is 0 Å². The van der Waals surface area contributed by atoms with Gasteiger partial charge in [-0.25, -0.2) is 5.43 Å². The van der Waals surface area contributed by atoms with Crippen molar-refractivity contribution in [1.29, 1.82) is 0 Å². The molecule has 18 heavy (non-hydrogen) atoms. The number of nitrogens with zero attached hydrogens (tertiary/aromatic N) is 1. The third kappa shape index (κ3) is 5.62. The lowest BCUT2D eigenvalue weighted by atomic mass is 10.0. The monoisotopic (exact) mass is 246 g/mol. The molecule has 0 spiro atoms. The summed E-state index contributed by atoms with van der Waals surface area (Å²) in [6.07, 6.45) is 5.49. The molecule has 1 atom stereocenters. The van der Waals surface area contributed by atoms with Gasteiger partial charge in [-0.2, -0.15) is 5.10 Å². The smallest absolute Gasteiger partial charge is 0.240 e. The fraction of sp³-hybridized carbons (Fsp3) is 0.467. The molecule has 3 heteroatoms. The summed E-state index contributed by atoms with van der Waals surface area (Å²) in [5.41, 5.74) is 3.77. The summed E-state index contributed by atoms with van der Waals surface area (Å²) >= 11 is 0. The lowest BCUT2D eigenvalue weighted by Crippen LogP contribution is -2.17. The molecular weight excluding hydrogens is 224 g/mol. The van der Waals surface area contributed by atoms with Crippen molar-refractivity contribution < 1.29 is 4.79 Å². The first-order valence-corrected chi connectivity index (χ1v) is 6.61. The van der Waals surface area contributed by atoms with E-state index in [0.29, 0.717) is 6.42 Å². The van der Waals surface area contributed by atoms with E-state index in [1.165, 1.54) is 5.56 Å². The van der Waals surface area contributed by atoms with Crippen LogP contribution in [0.15, 0.2) is 35.4 Å². The number of rotatable bonds is 7. The lowest BCUT2D eigenvalue weighted by Gasteiger charge is -2.05. The van der Waals surface area contributed by atoms with Gasteiger partial charge in [0, 0.05) is 18.6 Å². The second-order valence-corrected chi connectivity index (χ2v) is 4.47. The average molecular weight is 246 g/mol. The van der Waals surface area contributed by atoms with Gasteiger partial charge in [0.25, 0.3) is 0 Å². The Kier molecular flexibility index (Phi) is 6.77. The highest BCUT2D eigenvalue weighted by Gasteiger charge is 2.01. The predicted molar refractivity (Wildman–Crippen MR) is 75.6 cm³/mol. The molecule has 1 N–H and O–H groups in total. The van der Waals surface area contributed by atoms with Crippen molar-refractivity contribution in [2.24, 2.45) is 5.10 Å². The molecule has 3 nitrogen and oxygen atoms in total. The number of hydrogen-bond acceptors (Lipinski definition) is 2. The lowest BCUT2D eigenvalue weighted by molar-refractivity contribution is -0.121. The van der Waals surface area contributed by atoms with Crippen LogP contribution < -0.4 is 5.43 Å². The van der Waals surface area contributed by atoms with Crippen molar-refractivity contribution in [3.8, 4) is 0 Å². The van der Waals surface area contributed by atoms with E-state index in [2.05, 4.69) is 36.5 Å². The molecule has 98 valence electrons. The number of amides is 1. The Morgan fingerprint density at radius 3 is 2.72 bits per heavy atom. The topological polar surface area (TPSA) is 41.5 Å². The Bertz CT molecular complexity index is 373. The number of carbonyl (C=O) groups is 1. The predicted octanol–water partition coefficient (Wildman–Crippen LogP) is 3.47. The van der Waals surface area contributed by atoms with Gasteiger partial charge in [-0.1, -0.05) is 57.0 Å². The second kappa shape index (κ2) is 8.45. The Morgan fingerprint density at radius 1 is 1.33 bits per heavy atom. The first kappa shape index (κ1) is 14.4. The third-order valence-corrected chi connectivity index (χ3v) is 2.82. The molecule has 1 unspecified atom stereocenters. The molecule has 1 rings (SSSR count). The molecule has 0 fully saturated rings. The van der Waals surface area contributed by atoms with E-state index in [1.807, 2.05) is 18.2 Å². The Labute approximate surface area is 109 Å². The Morgan fingerprint density at radius 2 is 2.06 bits per heavy atom. The van der Waals surface area contributed by atoms with Crippen LogP contribution in [0.2, 0.25) is 0 Å². The molecule has 0 heterocycles. The summed E-state index contributed by atoms with van der Waals surface area (Å²) < 4.78 is 0. The summed E-state index contributed by atoms with van der Waals surface area (Å²) in [4.78, 5) is 11.4. The van der Waals surface area contributed by atoms with E-state index in [1.54, 1.807) is 6.21 Å². The standard InChI is InChI=1S/C15H22N2O/c1-3-4-6-11-15(18)17-16-12-13(2)14-9-7-5-8-10-14/h5,7-10,12-13H,3-4,6,11H2,1-2H3,(H,17,18). The molecule has 0 saturated heterocycles. The number of nitrogens with one attached hydrogen (secondary N) is 1. The largest absolute Gasteiger partial charge is 0.273 e. The van der Waals surface area contributed by atoms with E-state index >= 15 is 0 Å². The van der Waals surface area contributed by atoms with Crippen molar-refractivity contribution in [2.75, 3.05) is 0 Å². The maximum Gasteiger partial charge on any atom is 0.240 e. The highest BCUT2D eigenvalue weighted by molar-refractivity contribution is 5.77. The molecule has 0 radical (unpaired) electrons. The van der Waals surface area contributed by atoms with Crippen LogP contribution in [0.3, 0.4) is 0 Å². The van der Waals surface area contributed by atoms with Crippen LogP contribution in [-0.4, -0.2) is 12.1 Å². The van der Waals surface area contributed by atoms with Crippen molar-refractivity contribution >= 4 is 12.1 Å². The van der Waals surface area contributed by atoms with Crippen LogP contribution in [0.25, 0.3) is 0 Å². The van der Waals surface area contributed by atoms with Crippen molar-refractivity contribution in [2.45, 2.75) is 45.4 Å². The van der Waals surface area contributed by atoms with Crippen LogP contribution in [0.5, 0.6) is 0 Å². The minimum atomic E-state index is -0.0000355. The fourth-order valence-corrected chi connectivity index (χ4v) is 1.66. The van der Waals surface area contributed by atoms with E-state index in [4.69, 9.17) is 0 Å². The van der Waals surface area contributed by atoms with E-state index in [-0.39, 0.29) is 11.8 Å². The molecule has 1 aromatic carbocycles. The van der Waals surface area contributed by atoms with Crippen LogP contribution in [0, 0.1) is 0 Å². The molecule has 0 bridgehead atoms. The van der Waals surface area contributed by atoms with Crippen LogP contribution in [0.4, 0.5) is 0 Å². The number of unbranched alkanes of at least 4 members (excludes halogenated alkanes) is 2. The van der Waals surface area contributed by atoms with Gasteiger partial charge in [0.15, 0.2) is 0 Å². The fourth-order valence-electron chi connectivity index (χ4n) is 1.66. The molecule has 0 aromatic heterocycles. The number of hydrogen-bond donors (Lipinski definition) is 1. The molecule has 0 saturated carbocycles. The SMILES string of the molecule is CCCCCC(=O)NN=CC(C)c1ccccc1. The Balaban J connectivity index is 2.30. The van der Waals surface area contributed by atoms with E-state index in [0.717, 1.165) is 19.3 Å². The van der Waals surface area contributed by atoms with E-state index in [9.17, 15) is 4.79 Å². The van der Waals surface area contributed by atoms with Crippen LogP contribution in [-0.2, 0) is 4.79 Å². The maximum atomic E-state index is 11.4. The zero-order valence-corrected chi connectivity index (χ0v) is 11.2. The minimum Gasteiger partial charge on any atom is -0.273 e. The molecule has 0 aliphatic carbocycles. The molecular formula is C15H22N2O. The van der Waals surface area contributed by atoms with Gasteiger partial charge >= 0.3 is 0 Å². The van der Waals surface area contributed by atoms with Gasteiger partial charge in [0.2, 0.25) is 5.91 Å². The zero-order valence-electron chi connectivity index (χ0n) is 11.2. The zero-order chi connectivity index (χ0) is 13.2. The van der Waals surface area contributed by atoms with Gasteiger partial charge < -0.3 is 0 Å².